The molecule has 0 radical (unpaired) electrons. The van der Waals surface area contributed by atoms with E-state index in [0.29, 0.717) is 5.52 Å². The molecular weight excluding hydrogens is 451 g/mol. The minimum atomic E-state index is -0.527. The van der Waals surface area contributed by atoms with Gasteiger partial charge in [-0.25, -0.2) is 9.37 Å². The topological polar surface area (TPSA) is 75.1 Å². The molecule has 2 N–H and O–H groups in total. The fraction of sp³-hybridized carbons (Fsp3) is 0.227. The van der Waals surface area contributed by atoms with Gasteiger partial charge >= 0.3 is 0 Å². The lowest BCUT2D eigenvalue weighted by Crippen LogP contribution is -2.42. The highest BCUT2D eigenvalue weighted by molar-refractivity contribution is 7.13. The lowest BCUT2D eigenvalue weighted by atomic mass is 10.2. The Hall–Kier alpha value is -2.85. The molecule has 32 heavy (non-hydrogen) atoms. The third-order valence-corrected chi connectivity index (χ3v) is 6.60. The highest BCUT2D eigenvalue weighted by Gasteiger charge is 2.16. The smallest absolute Gasteiger partial charge is 0.271 e. The SMILES string of the molecule is O=C(Nn1ccc2ncc(-c3nc(CN4CCNCC4)cs3)cc21)c1cc(F)ccc1Cl. The molecule has 0 atom stereocenters. The van der Waals surface area contributed by atoms with Crippen molar-refractivity contribution in [3.8, 4) is 10.6 Å². The summed E-state index contributed by atoms with van der Waals surface area (Å²) in [5, 5.41) is 6.48. The number of fused-ring (bicyclic) bond motifs is 1. The number of piperazine rings is 1. The Labute approximate surface area is 192 Å². The van der Waals surface area contributed by atoms with E-state index in [4.69, 9.17) is 16.6 Å². The quantitative estimate of drug-likeness (QED) is 0.464. The molecule has 1 amide bonds. The molecule has 1 saturated heterocycles. The third kappa shape index (κ3) is 4.37. The molecule has 0 spiro atoms. The number of nitrogens with one attached hydrogen (secondary N) is 2. The lowest BCUT2D eigenvalue weighted by Gasteiger charge is -2.26. The minimum Gasteiger partial charge on any atom is -0.314 e. The normalized spacial score (nSPS) is 14.7. The number of benzene rings is 1. The Morgan fingerprint density at radius 3 is 2.94 bits per heavy atom. The number of rotatable bonds is 5. The summed E-state index contributed by atoms with van der Waals surface area (Å²) in [6.07, 6.45) is 3.48. The predicted molar refractivity (Wildman–Crippen MR) is 124 cm³/mol. The zero-order valence-corrected chi connectivity index (χ0v) is 18.6. The van der Waals surface area contributed by atoms with Crippen molar-refractivity contribution < 1.29 is 9.18 Å². The molecule has 1 aliphatic heterocycles. The van der Waals surface area contributed by atoms with E-state index in [1.54, 1.807) is 34.5 Å². The van der Waals surface area contributed by atoms with E-state index in [1.165, 1.54) is 12.1 Å². The molecule has 7 nitrogen and oxygen atoms in total. The number of nitrogens with zero attached hydrogens (tertiary/aromatic N) is 4. The summed E-state index contributed by atoms with van der Waals surface area (Å²) in [4.78, 5) is 24.3. The zero-order valence-electron chi connectivity index (χ0n) is 17.0. The average molecular weight is 471 g/mol. The van der Waals surface area contributed by atoms with Crippen LogP contribution in [-0.2, 0) is 6.54 Å². The van der Waals surface area contributed by atoms with Crippen LogP contribution in [0.15, 0.2) is 48.1 Å². The summed E-state index contributed by atoms with van der Waals surface area (Å²) < 4.78 is 15.1. The third-order valence-electron chi connectivity index (χ3n) is 5.33. The van der Waals surface area contributed by atoms with Crippen LogP contribution in [0.1, 0.15) is 16.1 Å². The van der Waals surface area contributed by atoms with Crippen LogP contribution >= 0.6 is 22.9 Å². The highest BCUT2D eigenvalue weighted by atomic mass is 35.5. The number of carbonyl (C=O) groups is 1. The van der Waals surface area contributed by atoms with Crippen LogP contribution in [0.5, 0.6) is 0 Å². The largest absolute Gasteiger partial charge is 0.314 e. The molecule has 4 heterocycles. The summed E-state index contributed by atoms with van der Waals surface area (Å²) >= 11 is 7.64. The van der Waals surface area contributed by atoms with E-state index in [-0.39, 0.29) is 10.6 Å². The molecule has 1 aliphatic rings. The van der Waals surface area contributed by atoms with Gasteiger partial charge in [-0.2, -0.15) is 0 Å². The Kier molecular flexibility index (Phi) is 5.88. The van der Waals surface area contributed by atoms with Gasteiger partial charge in [-0.05, 0) is 30.3 Å². The second-order valence-corrected chi connectivity index (χ2v) is 8.81. The number of halogens is 2. The van der Waals surface area contributed by atoms with Crippen molar-refractivity contribution >= 4 is 39.9 Å². The van der Waals surface area contributed by atoms with Crippen LogP contribution in [0, 0.1) is 5.82 Å². The summed E-state index contributed by atoms with van der Waals surface area (Å²) in [6.45, 7) is 4.86. The van der Waals surface area contributed by atoms with Crippen LogP contribution in [0.3, 0.4) is 0 Å². The van der Waals surface area contributed by atoms with Crippen LogP contribution < -0.4 is 10.7 Å². The van der Waals surface area contributed by atoms with Gasteiger partial charge in [0.15, 0.2) is 0 Å². The first-order valence-corrected chi connectivity index (χ1v) is 11.4. The summed E-state index contributed by atoms with van der Waals surface area (Å²) in [6, 6.07) is 7.42. The van der Waals surface area contributed by atoms with Gasteiger partial charge < -0.3 is 5.32 Å². The lowest BCUT2D eigenvalue weighted by molar-refractivity contribution is 0.101. The van der Waals surface area contributed by atoms with E-state index in [9.17, 15) is 9.18 Å². The van der Waals surface area contributed by atoms with Crippen LogP contribution in [0.2, 0.25) is 5.02 Å². The number of thiazole rings is 1. The van der Waals surface area contributed by atoms with Gasteiger partial charge in [0, 0.05) is 56.1 Å². The summed E-state index contributed by atoms with van der Waals surface area (Å²) in [5.74, 6) is -1.04. The fourth-order valence-electron chi connectivity index (χ4n) is 3.68. The maximum atomic E-state index is 13.6. The molecule has 5 rings (SSSR count). The number of amides is 1. The van der Waals surface area contributed by atoms with Crippen LogP contribution in [0.4, 0.5) is 4.39 Å². The van der Waals surface area contributed by atoms with Gasteiger partial charge in [-0.15, -0.1) is 11.3 Å². The number of pyridine rings is 1. The second kappa shape index (κ2) is 8.95. The molecule has 10 heteroatoms. The molecule has 0 unspecified atom stereocenters. The predicted octanol–water partition coefficient (Wildman–Crippen LogP) is 3.74. The molecule has 4 aromatic rings. The van der Waals surface area contributed by atoms with Gasteiger partial charge in [0.2, 0.25) is 0 Å². The molecule has 1 aromatic carbocycles. The standard InChI is InChI=1S/C22H20ClFN6OS/c23-18-2-1-15(24)10-17(18)21(31)28-30-6-3-19-20(30)9-14(11-26-19)22-27-16(13-32-22)12-29-7-4-25-5-8-29/h1-3,6,9-11,13,25H,4-5,7-8,12H2,(H,28,31). The van der Waals surface area contributed by atoms with E-state index < -0.39 is 11.7 Å². The molecular formula is C22H20ClFN6OS. The van der Waals surface area contributed by atoms with Crippen molar-refractivity contribution in [2.45, 2.75) is 6.54 Å². The Bertz CT molecular complexity index is 1280. The molecule has 164 valence electrons. The first-order chi connectivity index (χ1) is 15.6. The van der Waals surface area contributed by atoms with Crippen molar-refractivity contribution in [2.24, 2.45) is 0 Å². The van der Waals surface area contributed by atoms with Crippen molar-refractivity contribution in [3.63, 3.8) is 0 Å². The summed E-state index contributed by atoms with van der Waals surface area (Å²) in [7, 11) is 0. The number of aromatic nitrogens is 3. The van der Waals surface area contributed by atoms with E-state index in [0.717, 1.165) is 60.6 Å². The minimum absolute atomic E-state index is 0.0649. The number of hydrogen-bond donors (Lipinski definition) is 2. The monoisotopic (exact) mass is 470 g/mol. The van der Waals surface area contributed by atoms with Gasteiger partial charge in [0.1, 0.15) is 10.8 Å². The van der Waals surface area contributed by atoms with Gasteiger partial charge in [0.25, 0.3) is 5.91 Å². The molecule has 0 saturated carbocycles. The Morgan fingerprint density at radius 1 is 1.25 bits per heavy atom. The van der Waals surface area contributed by atoms with Crippen LogP contribution in [-0.4, -0.2) is 51.6 Å². The second-order valence-electron chi connectivity index (χ2n) is 7.55. The van der Waals surface area contributed by atoms with Gasteiger partial charge in [0.05, 0.1) is 27.3 Å². The van der Waals surface area contributed by atoms with Crippen LogP contribution in [0.25, 0.3) is 21.6 Å². The maximum Gasteiger partial charge on any atom is 0.271 e. The zero-order chi connectivity index (χ0) is 22.1. The first-order valence-electron chi connectivity index (χ1n) is 10.2. The molecule has 1 fully saturated rings. The van der Waals surface area contributed by atoms with Crippen molar-refractivity contribution in [2.75, 3.05) is 31.6 Å². The summed E-state index contributed by atoms with van der Waals surface area (Å²) in [5.41, 5.74) is 6.15. The number of carbonyl (C=O) groups excluding carboxylic acids is 1. The molecule has 3 aromatic heterocycles. The van der Waals surface area contributed by atoms with Gasteiger partial charge in [-0.1, -0.05) is 11.6 Å². The fourth-order valence-corrected chi connectivity index (χ4v) is 4.67. The van der Waals surface area contributed by atoms with Crippen molar-refractivity contribution in [3.05, 3.63) is 70.2 Å². The Balaban J connectivity index is 1.38. The van der Waals surface area contributed by atoms with E-state index >= 15 is 0 Å². The molecule has 0 bridgehead atoms. The highest BCUT2D eigenvalue weighted by Crippen LogP contribution is 2.27. The maximum absolute atomic E-state index is 13.6. The van der Waals surface area contributed by atoms with Crippen molar-refractivity contribution in [1.82, 2.24) is 24.9 Å². The average Bonchev–Trinajstić information content (AvgIpc) is 3.43. The van der Waals surface area contributed by atoms with Gasteiger partial charge in [-0.3, -0.25) is 24.8 Å². The Morgan fingerprint density at radius 2 is 2.09 bits per heavy atom. The van der Waals surface area contributed by atoms with E-state index in [1.807, 2.05) is 6.07 Å². The van der Waals surface area contributed by atoms with E-state index in [2.05, 4.69) is 26.0 Å². The first kappa shape index (κ1) is 21.0. The number of hydrogen-bond acceptors (Lipinski definition) is 6. The van der Waals surface area contributed by atoms with Crippen molar-refractivity contribution in [1.29, 1.82) is 0 Å². The molecule has 0 aliphatic carbocycles.